The van der Waals surface area contributed by atoms with Gasteiger partial charge < -0.3 is 14.5 Å². The Balaban J connectivity index is 1.48. The van der Waals surface area contributed by atoms with Gasteiger partial charge in [-0.2, -0.15) is 0 Å². The summed E-state index contributed by atoms with van der Waals surface area (Å²) in [5.41, 5.74) is 3.86. The molecule has 0 unspecified atom stereocenters. The quantitative estimate of drug-likeness (QED) is 0.489. The van der Waals surface area contributed by atoms with Crippen molar-refractivity contribution in [1.29, 1.82) is 0 Å². The second-order valence-electron chi connectivity index (χ2n) is 8.04. The molecule has 0 aliphatic carbocycles. The third-order valence-corrected chi connectivity index (χ3v) is 5.93. The van der Waals surface area contributed by atoms with E-state index in [1.165, 1.54) is 5.54 Å². The van der Waals surface area contributed by atoms with Crippen molar-refractivity contribution in [3.63, 3.8) is 0 Å². The zero-order valence-electron chi connectivity index (χ0n) is 18.4. The smallest absolute Gasteiger partial charge is 0.254 e. The van der Waals surface area contributed by atoms with E-state index in [1.807, 2.05) is 60.7 Å². The highest BCUT2D eigenvalue weighted by Gasteiger charge is 2.38. The number of carbonyl (C=O) groups is 2. The van der Waals surface area contributed by atoms with Gasteiger partial charge in [0.2, 0.25) is 5.91 Å². The highest BCUT2D eigenvalue weighted by molar-refractivity contribution is 6.25. The Hall–Kier alpha value is -3.57. The molecule has 1 heterocycles. The molecule has 0 aromatic heterocycles. The van der Waals surface area contributed by atoms with Crippen molar-refractivity contribution in [3.05, 3.63) is 107 Å². The van der Waals surface area contributed by atoms with Gasteiger partial charge in [0.25, 0.3) is 5.91 Å². The van der Waals surface area contributed by atoms with Crippen LogP contribution in [0.25, 0.3) is 0 Å². The lowest BCUT2D eigenvalue weighted by atomic mass is 10.1. The fourth-order valence-corrected chi connectivity index (χ4v) is 4.07. The van der Waals surface area contributed by atoms with Crippen LogP contribution in [0.1, 0.15) is 22.3 Å². The first-order valence-corrected chi connectivity index (χ1v) is 11.2. The molecule has 3 aromatic rings. The third-order valence-electron chi connectivity index (χ3n) is 5.62. The Morgan fingerprint density at radius 3 is 2.21 bits per heavy atom. The molecule has 33 heavy (non-hydrogen) atoms. The Morgan fingerprint density at radius 2 is 1.58 bits per heavy atom. The lowest BCUT2D eigenvalue weighted by Crippen LogP contribution is -2.46. The molecule has 0 radical (unpaired) electrons. The summed E-state index contributed by atoms with van der Waals surface area (Å²) >= 11 is 5.96. The molecule has 2 amide bonds. The number of likely N-dealkylation sites (tertiary alicyclic amines) is 1. The molecule has 1 atom stereocenters. The van der Waals surface area contributed by atoms with Crippen LogP contribution in [0, 0.1) is 0 Å². The molecule has 4 rings (SSSR count). The molecule has 5 nitrogen and oxygen atoms in total. The van der Waals surface area contributed by atoms with E-state index in [0.717, 1.165) is 16.9 Å². The maximum absolute atomic E-state index is 13.3. The molecule has 1 fully saturated rings. The van der Waals surface area contributed by atoms with Crippen LogP contribution >= 0.6 is 11.6 Å². The molecule has 0 spiro atoms. The molecule has 3 aromatic carbocycles. The minimum Gasteiger partial charge on any atom is -0.457 e. The van der Waals surface area contributed by atoms with Crippen LogP contribution in [-0.4, -0.2) is 41.2 Å². The van der Waals surface area contributed by atoms with Crippen LogP contribution < -0.4 is 4.74 Å². The summed E-state index contributed by atoms with van der Waals surface area (Å²) in [7, 11) is 1.76. The Labute approximate surface area is 198 Å². The van der Waals surface area contributed by atoms with Gasteiger partial charge in [0.1, 0.15) is 17.5 Å². The number of halogens is 1. The zero-order valence-corrected chi connectivity index (χ0v) is 19.1. The third kappa shape index (κ3) is 5.44. The van der Waals surface area contributed by atoms with E-state index in [-0.39, 0.29) is 11.8 Å². The number of nitrogens with zero attached hydrogens (tertiary/aromatic N) is 2. The predicted molar refractivity (Wildman–Crippen MR) is 129 cm³/mol. The fourth-order valence-electron chi connectivity index (χ4n) is 3.91. The summed E-state index contributed by atoms with van der Waals surface area (Å²) < 4.78 is 5.81. The Morgan fingerprint density at radius 1 is 0.970 bits per heavy atom. The number of amides is 2. The number of para-hydroxylation sites is 1. The van der Waals surface area contributed by atoms with Gasteiger partial charge in [-0.25, -0.2) is 0 Å². The number of likely N-dealkylation sites (N-methyl/N-ethyl adjacent to an activating group) is 1. The van der Waals surface area contributed by atoms with E-state index in [9.17, 15) is 9.59 Å². The van der Waals surface area contributed by atoms with Crippen LogP contribution in [0.15, 0.2) is 96.0 Å². The van der Waals surface area contributed by atoms with E-state index >= 15 is 0 Å². The summed E-state index contributed by atoms with van der Waals surface area (Å²) in [6.07, 6.45) is 0.433. The van der Waals surface area contributed by atoms with Crippen molar-refractivity contribution in [1.82, 2.24) is 9.80 Å². The van der Waals surface area contributed by atoms with Gasteiger partial charge in [-0.3, -0.25) is 9.59 Å². The van der Waals surface area contributed by atoms with Gasteiger partial charge in [0.15, 0.2) is 0 Å². The maximum Gasteiger partial charge on any atom is 0.254 e. The molecule has 1 saturated heterocycles. The first kappa shape index (κ1) is 22.6. The lowest BCUT2D eigenvalue weighted by molar-refractivity contribution is -0.134. The van der Waals surface area contributed by atoms with Crippen LogP contribution in [0.2, 0.25) is 0 Å². The standard InChI is InChI=1S/C27H25ClN2O3/c1-29(18-20-8-4-2-5-9-20)27(32)25-16-21(17-28)19-30(25)26(31)22-12-14-24(15-13-22)33-23-10-6-3-7-11-23/h2-15,17,25H,16,18-19H2,1H3/t25-/m0/s1. The van der Waals surface area contributed by atoms with Gasteiger partial charge in [-0.15, -0.1) is 0 Å². The first-order valence-electron chi connectivity index (χ1n) is 10.8. The van der Waals surface area contributed by atoms with Gasteiger partial charge in [-0.05, 0) is 47.5 Å². The van der Waals surface area contributed by atoms with Crippen molar-refractivity contribution in [2.24, 2.45) is 0 Å². The molecule has 0 saturated carbocycles. The molecule has 1 aliphatic heterocycles. The molecule has 0 bridgehead atoms. The molecule has 6 heteroatoms. The van der Waals surface area contributed by atoms with Crippen molar-refractivity contribution >= 4 is 23.4 Å². The average Bonchev–Trinajstić information content (AvgIpc) is 3.29. The SMILES string of the molecule is CN(Cc1ccccc1)C(=O)[C@@H]1CC(=CCl)CN1C(=O)c1ccc(Oc2ccccc2)cc1. The highest BCUT2D eigenvalue weighted by atomic mass is 35.5. The number of benzene rings is 3. The number of carbonyl (C=O) groups excluding carboxylic acids is 2. The maximum atomic E-state index is 13.3. The van der Waals surface area contributed by atoms with E-state index in [4.69, 9.17) is 16.3 Å². The van der Waals surface area contributed by atoms with Gasteiger partial charge >= 0.3 is 0 Å². The van der Waals surface area contributed by atoms with Gasteiger partial charge in [0.05, 0.1) is 0 Å². The van der Waals surface area contributed by atoms with E-state index < -0.39 is 6.04 Å². The van der Waals surface area contributed by atoms with E-state index in [1.54, 1.807) is 41.1 Å². The topological polar surface area (TPSA) is 49.9 Å². The minimum absolute atomic E-state index is 0.107. The second-order valence-corrected chi connectivity index (χ2v) is 8.26. The van der Waals surface area contributed by atoms with Crippen LogP contribution in [-0.2, 0) is 11.3 Å². The summed E-state index contributed by atoms with van der Waals surface area (Å²) in [4.78, 5) is 29.8. The molecule has 168 valence electrons. The van der Waals surface area contributed by atoms with E-state index in [0.29, 0.717) is 30.8 Å². The number of rotatable bonds is 6. The van der Waals surface area contributed by atoms with Crippen LogP contribution in [0.5, 0.6) is 11.5 Å². The fraction of sp³-hybridized carbons (Fsp3) is 0.185. The van der Waals surface area contributed by atoms with Gasteiger partial charge in [-0.1, -0.05) is 60.1 Å². The molecular weight excluding hydrogens is 436 g/mol. The normalized spacial score (nSPS) is 16.6. The van der Waals surface area contributed by atoms with Crippen molar-refractivity contribution in [2.75, 3.05) is 13.6 Å². The van der Waals surface area contributed by atoms with Crippen LogP contribution in [0.4, 0.5) is 0 Å². The lowest BCUT2D eigenvalue weighted by Gasteiger charge is -2.28. The number of hydrogen-bond acceptors (Lipinski definition) is 3. The molecular formula is C27H25ClN2O3. The van der Waals surface area contributed by atoms with Crippen molar-refractivity contribution in [2.45, 2.75) is 19.0 Å². The number of hydrogen-bond donors (Lipinski definition) is 0. The highest BCUT2D eigenvalue weighted by Crippen LogP contribution is 2.28. The largest absolute Gasteiger partial charge is 0.457 e. The summed E-state index contributed by atoms with van der Waals surface area (Å²) in [6, 6.07) is 25.6. The average molecular weight is 461 g/mol. The predicted octanol–water partition coefficient (Wildman–Crippen LogP) is 5.47. The zero-order chi connectivity index (χ0) is 23.2. The monoisotopic (exact) mass is 460 g/mol. The van der Waals surface area contributed by atoms with Crippen LogP contribution in [0.3, 0.4) is 0 Å². The first-order chi connectivity index (χ1) is 16.0. The summed E-state index contributed by atoms with van der Waals surface area (Å²) in [5, 5.41) is 0. The molecule has 1 aliphatic rings. The summed E-state index contributed by atoms with van der Waals surface area (Å²) in [5.74, 6) is 1.04. The van der Waals surface area contributed by atoms with Crippen molar-refractivity contribution in [3.8, 4) is 11.5 Å². The van der Waals surface area contributed by atoms with Gasteiger partial charge in [0, 0.05) is 37.7 Å². The summed E-state index contributed by atoms with van der Waals surface area (Å²) in [6.45, 7) is 0.809. The van der Waals surface area contributed by atoms with E-state index in [2.05, 4.69) is 0 Å². The number of ether oxygens (including phenoxy) is 1. The van der Waals surface area contributed by atoms with Crippen molar-refractivity contribution < 1.29 is 14.3 Å². The minimum atomic E-state index is -0.587. The Kier molecular flexibility index (Phi) is 7.10. The molecule has 0 N–H and O–H groups in total. The Bertz CT molecular complexity index is 1130. The second kappa shape index (κ2) is 10.4.